The molecule has 0 aromatic heterocycles. The number of fused-ring (bicyclic) bond motifs is 3. The average Bonchev–Trinajstić information content (AvgIpc) is 3.50. The maximum absolute atomic E-state index is 14.7. The molecule has 0 unspecified atom stereocenters. The van der Waals surface area contributed by atoms with Gasteiger partial charge >= 0.3 is 5.97 Å². The van der Waals surface area contributed by atoms with Crippen LogP contribution >= 0.6 is 0 Å². The van der Waals surface area contributed by atoms with Gasteiger partial charge in [0.15, 0.2) is 17.2 Å². The second kappa shape index (κ2) is 12.8. The van der Waals surface area contributed by atoms with Crippen LogP contribution in [-0.4, -0.2) is 105 Å². The smallest absolute Gasteiger partial charge is 0.305 e. The van der Waals surface area contributed by atoms with Crippen molar-refractivity contribution in [3.8, 4) is 5.75 Å². The minimum Gasteiger partial charge on any atom is -0.508 e. The molecule has 1 aromatic carbocycles. The molecule has 47 heavy (non-hydrogen) atoms. The highest BCUT2D eigenvalue weighted by atomic mass is 16.5. The van der Waals surface area contributed by atoms with E-state index in [-0.39, 0.29) is 37.2 Å². The van der Waals surface area contributed by atoms with Crippen LogP contribution in [0.1, 0.15) is 90.3 Å². The summed E-state index contributed by atoms with van der Waals surface area (Å²) in [6, 6.07) is 2.17. The Labute approximate surface area is 276 Å². The Morgan fingerprint density at radius 1 is 1.09 bits per heavy atom. The lowest BCUT2D eigenvalue weighted by Gasteiger charge is -2.54. The molecule has 0 radical (unpaired) electrons. The number of likely N-dealkylation sites (tertiary alicyclic amines) is 1. The Morgan fingerprint density at radius 3 is 2.26 bits per heavy atom. The van der Waals surface area contributed by atoms with Crippen molar-refractivity contribution in [1.82, 2.24) is 9.80 Å². The van der Waals surface area contributed by atoms with Gasteiger partial charge in [-0.05, 0) is 56.9 Å². The van der Waals surface area contributed by atoms with Gasteiger partial charge in [0, 0.05) is 36.4 Å². The van der Waals surface area contributed by atoms with Gasteiger partial charge in [0.1, 0.15) is 28.9 Å². The van der Waals surface area contributed by atoms with E-state index in [1.807, 2.05) is 20.8 Å². The normalized spacial score (nSPS) is 29.3. The van der Waals surface area contributed by atoms with Crippen molar-refractivity contribution >= 4 is 29.1 Å². The van der Waals surface area contributed by atoms with Crippen LogP contribution in [-0.2, 0) is 29.3 Å². The number of aromatic hydroxyl groups is 1. The van der Waals surface area contributed by atoms with Crippen molar-refractivity contribution in [2.45, 2.75) is 96.8 Å². The first-order valence-corrected chi connectivity index (χ1v) is 16.1. The van der Waals surface area contributed by atoms with Crippen molar-refractivity contribution in [2.24, 2.45) is 11.8 Å². The van der Waals surface area contributed by atoms with Crippen molar-refractivity contribution < 1.29 is 44.3 Å². The van der Waals surface area contributed by atoms with Gasteiger partial charge in [-0.1, -0.05) is 54.2 Å². The number of aliphatic hydroxyl groups excluding tert-OH is 2. The Kier molecular flexibility index (Phi) is 9.90. The van der Waals surface area contributed by atoms with Gasteiger partial charge in [-0.3, -0.25) is 24.1 Å². The summed E-state index contributed by atoms with van der Waals surface area (Å²) in [7, 11) is 3.10. The predicted molar refractivity (Wildman–Crippen MR) is 176 cm³/mol. The maximum atomic E-state index is 14.7. The van der Waals surface area contributed by atoms with Crippen LogP contribution in [0.2, 0.25) is 0 Å². The summed E-state index contributed by atoms with van der Waals surface area (Å²) >= 11 is 0. The molecule has 0 spiro atoms. The number of esters is 1. The van der Waals surface area contributed by atoms with E-state index in [0.717, 1.165) is 25.9 Å². The number of aliphatic hydroxyl groups is 3. The molecule has 2 fully saturated rings. The number of ketones is 3. The number of phenolic OH excluding ortho intramolecular Hbond substituents is 1. The highest BCUT2D eigenvalue weighted by molar-refractivity contribution is 6.25. The third-order valence-electron chi connectivity index (χ3n) is 10.4. The summed E-state index contributed by atoms with van der Waals surface area (Å²) in [6.07, 6.45) is 0.437. The first-order valence-electron chi connectivity index (χ1n) is 16.1. The molecular weight excluding hydrogens is 604 g/mol. The number of nitrogens with zero attached hydrogens (tertiary/aromatic N) is 2. The Hall–Kier alpha value is -3.54. The van der Waals surface area contributed by atoms with Gasteiger partial charge in [0.25, 0.3) is 0 Å². The topological polar surface area (TPSA) is 165 Å². The lowest BCUT2D eigenvalue weighted by atomic mass is 9.54. The van der Waals surface area contributed by atoms with Crippen LogP contribution in [0.25, 0.3) is 5.76 Å². The molecule has 4 aliphatic rings. The van der Waals surface area contributed by atoms with E-state index in [0.29, 0.717) is 17.7 Å². The van der Waals surface area contributed by atoms with Crippen LogP contribution in [0.4, 0.5) is 0 Å². The monoisotopic (exact) mass is 654 g/mol. The molecule has 258 valence electrons. The fourth-order valence-electron chi connectivity index (χ4n) is 7.99. The molecule has 0 amide bonds. The summed E-state index contributed by atoms with van der Waals surface area (Å²) < 4.78 is 5.96. The summed E-state index contributed by atoms with van der Waals surface area (Å²) in [6.45, 7) is 11.0. The number of hydrogen-bond donors (Lipinski definition) is 4. The third kappa shape index (κ3) is 5.59. The molecule has 11 heteroatoms. The van der Waals surface area contributed by atoms with Gasteiger partial charge in [-0.15, -0.1) is 0 Å². The number of ether oxygens (including phenoxy) is 1. The Bertz CT molecular complexity index is 1550. The van der Waals surface area contributed by atoms with Crippen LogP contribution in [0, 0.1) is 11.8 Å². The summed E-state index contributed by atoms with van der Waals surface area (Å²) in [4.78, 5) is 58.9. The van der Waals surface area contributed by atoms with E-state index in [4.69, 9.17) is 4.74 Å². The average molecular weight is 655 g/mol. The number of carbonyl (C=O) groups excluding carboxylic acids is 4. The van der Waals surface area contributed by atoms with Crippen LogP contribution in [0.5, 0.6) is 5.75 Å². The van der Waals surface area contributed by atoms with E-state index in [2.05, 4.69) is 4.90 Å². The number of Topliss-reactive ketones (excluding diaryl/α,β-unsaturated/α-hetero) is 3. The molecule has 4 N–H and O–H groups in total. The Morgan fingerprint density at radius 2 is 1.70 bits per heavy atom. The van der Waals surface area contributed by atoms with Crippen molar-refractivity contribution in [3.63, 3.8) is 0 Å². The van der Waals surface area contributed by atoms with Gasteiger partial charge in [-0.2, -0.15) is 0 Å². The molecule has 1 saturated heterocycles. The van der Waals surface area contributed by atoms with Crippen LogP contribution in [0.15, 0.2) is 29.0 Å². The highest BCUT2D eigenvalue weighted by Crippen LogP contribution is 2.57. The van der Waals surface area contributed by atoms with Gasteiger partial charge in [0.05, 0.1) is 17.5 Å². The largest absolute Gasteiger partial charge is 0.508 e. The van der Waals surface area contributed by atoms with E-state index in [9.17, 15) is 39.6 Å². The maximum Gasteiger partial charge on any atom is 0.305 e. The number of hydrogen-bond acceptors (Lipinski definition) is 11. The molecule has 0 bridgehead atoms. The molecule has 5 rings (SSSR count). The first kappa shape index (κ1) is 36.3. The SMILES string of the molecule is C.CCC(=O)O[C@H]1[C@H]2C(=C(O)c3c(ccc(C(C)(C)C)c3O)[C@@H]2C)C(=O)[C@]2(O)C(O)=C(C(=O)CCN3CCCC3)C(=O)[C@@H](N(C)C)[C@H]12. The number of rotatable bonds is 7. The second-order valence-corrected chi connectivity index (χ2v) is 14.4. The summed E-state index contributed by atoms with van der Waals surface area (Å²) in [5.41, 5.74) is -3.40. The van der Waals surface area contributed by atoms with E-state index >= 15 is 0 Å². The molecular formula is C36H50N2O9. The highest BCUT2D eigenvalue weighted by Gasteiger charge is 2.69. The third-order valence-corrected chi connectivity index (χ3v) is 10.4. The van der Waals surface area contributed by atoms with Gasteiger partial charge in [-0.25, -0.2) is 0 Å². The van der Waals surface area contributed by atoms with E-state index < -0.39 is 81.3 Å². The molecule has 1 aliphatic heterocycles. The minimum atomic E-state index is -2.89. The minimum absolute atomic E-state index is 0. The zero-order valence-corrected chi connectivity index (χ0v) is 27.7. The molecule has 1 aromatic rings. The number of likely N-dealkylation sites (N-methyl/N-ethyl adjacent to an activating group) is 1. The van der Waals surface area contributed by atoms with E-state index in [1.165, 1.54) is 4.90 Å². The molecule has 1 saturated carbocycles. The lowest BCUT2D eigenvalue weighted by Crippen LogP contribution is -2.70. The second-order valence-electron chi connectivity index (χ2n) is 14.4. The standard InChI is InChI=1S/C35H46N2O9.CH4/c1-8-21(39)46-31-22-17(2)18-11-12-19(34(3,4)5)28(40)23(18)29(41)25(22)33(44)35(45)26(31)27(36(6)7)30(42)24(32(35)43)20(38)13-16-37-14-9-10-15-37;/h11-12,17,22,26-27,31,40-41,43,45H,8-10,13-16H2,1-7H3;1H4/t17-,22+,26+,27-,31-,35+;/m0./s1. The molecule has 11 nitrogen and oxygen atoms in total. The quantitative estimate of drug-likeness (QED) is 0.248. The Balaban J connectivity index is 0.00000500. The first-order chi connectivity index (χ1) is 21.5. The van der Waals surface area contributed by atoms with Crippen molar-refractivity contribution in [2.75, 3.05) is 33.7 Å². The molecule has 6 atom stereocenters. The zero-order chi connectivity index (χ0) is 34.0. The lowest BCUT2D eigenvalue weighted by molar-refractivity contribution is -0.185. The van der Waals surface area contributed by atoms with Crippen LogP contribution in [0.3, 0.4) is 0 Å². The molecule has 3 aliphatic carbocycles. The number of carbonyl (C=O) groups is 4. The van der Waals surface area contributed by atoms with Crippen molar-refractivity contribution in [1.29, 1.82) is 0 Å². The van der Waals surface area contributed by atoms with E-state index in [1.54, 1.807) is 40.1 Å². The fourth-order valence-corrected chi connectivity index (χ4v) is 7.99. The van der Waals surface area contributed by atoms with Crippen LogP contribution < -0.4 is 0 Å². The van der Waals surface area contributed by atoms with Crippen molar-refractivity contribution in [3.05, 3.63) is 45.7 Å². The summed E-state index contributed by atoms with van der Waals surface area (Å²) in [5.74, 6) is -8.40. The zero-order valence-electron chi connectivity index (χ0n) is 27.7. The summed E-state index contributed by atoms with van der Waals surface area (Å²) in [5, 5.41) is 47.4. The number of benzene rings is 1. The van der Waals surface area contributed by atoms with Gasteiger partial charge in [0.2, 0.25) is 5.78 Å². The number of phenols is 1. The van der Waals surface area contributed by atoms with Gasteiger partial charge < -0.3 is 30.1 Å². The predicted octanol–water partition coefficient (Wildman–Crippen LogP) is 3.96. The fraction of sp³-hybridized carbons (Fsp3) is 0.611. The molecule has 1 heterocycles.